The Bertz CT molecular complexity index is 4390. The summed E-state index contributed by atoms with van der Waals surface area (Å²) in [7, 11) is -1.00. The topological polar surface area (TPSA) is 342 Å². The Hall–Kier alpha value is -7.64. The van der Waals surface area contributed by atoms with Gasteiger partial charge in [-0.3, -0.25) is 18.8 Å². The number of aryl methyl sites for hydroxylation is 5. The minimum absolute atomic E-state index is 0. The van der Waals surface area contributed by atoms with Crippen LogP contribution in [0.4, 0.5) is 4.39 Å². The van der Waals surface area contributed by atoms with E-state index in [0.717, 1.165) is 117 Å². The number of oxazole rings is 5. The summed E-state index contributed by atoms with van der Waals surface area (Å²) < 4.78 is 44.6. The van der Waals surface area contributed by atoms with Gasteiger partial charge < -0.3 is 81.5 Å². The van der Waals surface area contributed by atoms with Crippen LogP contribution in [0.3, 0.4) is 0 Å². The molecule has 9 aromatic rings. The third-order valence-corrected chi connectivity index (χ3v) is 24.5. The zero-order valence-corrected chi connectivity index (χ0v) is 77.8. The number of nitrogens with one attached hydrogen (secondary N) is 1. The number of piperidine rings is 3. The summed E-state index contributed by atoms with van der Waals surface area (Å²) in [6, 6.07) is 15.5. The minimum atomic E-state index is -1.03. The van der Waals surface area contributed by atoms with Crippen molar-refractivity contribution in [3.05, 3.63) is 178 Å². The Morgan fingerprint density at radius 1 is 0.475 bits per heavy atom. The molecule has 2 aliphatic carbocycles. The molecule has 14 rings (SSSR count). The van der Waals surface area contributed by atoms with Gasteiger partial charge in [0.2, 0.25) is 0 Å². The molecule has 2 unspecified atom stereocenters. The molecule has 5 N–H and O–H groups in total. The van der Waals surface area contributed by atoms with E-state index in [1.807, 2.05) is 128 Å². The number of hydrogen-bond donors (Lipinski definition) is 5. The van der Waals surface area contributed by atoms with Crippen LogP contribution in [0.15, 0.2) is 95.4 Å². The van der Waals surface area contributed by atoms with Crippen LogP contribution in [0.1, 0.15) is 364 Å². The fraction of sp³-hybridized carbons (Fsp3) is 0.615. The summed E-state index contributed by atoms with van der Waals surface area (Å²) in [6.45, 7) is 43.5. The van der Waals surface area contributed by atoms with Gasteiger partial charge in [-0.05, 0) is 235 Å². The Kier molecular flexibility index (Phi) is 37.8. The molecule has 120 heavy (non-hydrogen) atoms. The number of carbonyl (C=O) groups is 3. The first-order valence-corrected chi connectivity index (χ1v) is 42.6. The van der Waals surface area contributed by atoms with E-state index in [9.17, 15) is 39.2 Å². The second-order valence-corrected chi connectivity index (χ2v) is 33.7. The van der Waals surface area contributed by atoms with E-state index in [1.54, 1.807) is 52.5 Å². The summed E-state index contributed by atoms with van der Waals surface area (Å²) >= 11 is 0. The van der Waals surface area contributed by atoms with Crippen molar-refractivity contribution in [1.82, 2.24) is 70.0 Å². The molecule has 2 saturated carbocycles. The minimum Gasteiger partial charge on any atom is -1.00 e. The number of carbonyl (C=O) groups excluding carboxylic acids is 3. The molecule has 2 aromatic carbocycles. The number of para-hydroxylation sites is 2. The van der Waals surface area contributed by atoms with Gasteiger partial charge in [0, 0.05) is 63.9 Å². The van der Waals surface area contributed by atoms with Crippen molar-refractivity contribution in [2.75, 3.05) is 26.8 Å². The zero-order chi connectivity index (χ0) is 87.4. The number of alkyl halides is 1. The van der Waals surface area contributed by atoms with Gasteiger partial charge in [-0.2, -0.15) is 36.9 Å². The molecule has 26 nitrogen and oxygen atoms in total. The van der Waals surface area contributed by atoms with Crippen LogP contribution in [0.2, 0.25) is 0 Å². The van der Waals surface area contributed by atoms with Gasteiger partial charge in [0.1, 0.15) is 79.7 Å². The Morgan fingerprint density at radius 3 is 1.06 bits per heavy atom. The number of aliphatic hydroxyl groups is 4. The van der Waals surface area contributed by atoms with Crippen LogP contribution in [-0.4, -0.2) is 171 Å². The first-order valence-electron chi connectivity index (χ1n) is 43.3. The summed E-state index contributed by atoms with van der Waals surface area (Å²) in [5.41, 5.74) is 1.69. The van der Waals surface area contributed by atoms with Crippen molar-refractivity contribution < 1.29 is 81.1 Å². The van der Waals surface area contributed by atoms with Crippen molar-refractivity contribution in [1.29, 1.82) is 0 Å². The summed E-state index contributed by atoms with van der Waals surface area (Å²) in [5.74, 6) is 9.70. The largest absolute Gasteiger partial charge is 2.00 e. The molecule has 29 heteroatoms. The van der Waals surface area contributed by atoms with E-state index in [-0.39, 0.29) is 83.0 Å². The number of ketones is 1. The fourth-order valence-corrected chi connectivity index (χ4v) is 16.0. The van der Waals surface area contributed by atoms with Gasteiger partial charge in [-0.25, -0.2) is 24.9 Å². The second-order valence-electron chi connectivity index (χ2n) is 33.7. The molecule has 3 aliphatic heterocycles. The van der Waals surface area contributed by atoms with Gasteiger partial charge >= 0.3 is 23.1 Å². The second kappa shape index (κ2) is 45.7. The monoisotopic (exact) mass is 1740 g/mol. The number of hydrogen-bond acceptors (Lipinski definition) is 22. The summed E-state index contributed by atoms with van der Waals surface area (Å²) in [6.07, 6.45) is 24.0. The normalized spacial score (nSPS) is 23.0. The maximum atomic E-state index is 13.5. The number of halogens is 2. The number of amides is 2. The maximum absolute atomic E-state index is 13.5. The predicted octanol–water partition coefficient (Wildman–Crippen LogP) is 15.3. The van der Waals surface area contributed by atoms with Gasteiger partial charge in [-0.1, -0.05) is 65.8 Å². The molecule has 5 fully saturated rings. The SMILES string of the molecule is CC(=O)c1nc(C2CCC(C)CC2)oc1C.CCC(C)(O)c1nc(C2CCC(C)CC2)oc1C.CCC(C)(O)c1nc([C@@H]2CC[C@@H](C)NC2)oc1C.CC[C@@](C)(O)c1nc([C@@H]2CC[C@@H](C)N(C(=O)c3ccccc3-n3nccn3)C2)oc1C.CC[C@](C)(O)c1nc([C@@H]2CC[C@@H](C)N(C(=O)c3ccccc3-n3nccn3)C2)oc1C.[2H]CF.[Br-].[CH2-]C.[HH].[Mg+2]. The Labute approximate surface area is 739 Å². The smallest absolute Gasteiger partial charge is 1.00 e. The van der Waals surface area contributed by atoms with Crippen molar-refractivity contribution in [3.8, 4) is 11.4 Å². The molecule has 0 radical (unpaired) electrons. The van der Waals surface area contributed by atoms with Gasteiger partial charge in [-0.15, -0.1) is 0 Å². The van der Waals surface area contributed by atoms with E-state index in [4.69, 9.17) is 23.5 Å². The van der Waals surface area contributed by atoms with Crippen LogP contribution in [0.25, 0.3) is 11.4 Å². The molecule has 0 bridgehead atoms. The summed E-state index contributed by atoms with van der Waals surface area (Å²) in [4.78, 5) is 67.9. The third-order valence-electron chi connectivity index (χ3n) is 24.5. The standard InChI is InChI=1S/2C23H29N5O3.C15H25NO2.C14H24N2O2.C13H19NO2.C2H5.CH3F.BrH.Mg.H2/c2*1-5-23(4,30)20-16(3)31-21(26-20)17-11-10-15(2)27(14-17)22(29)18-8-6-7-9-19(18)28-24-12-13-25-28;1-5-15(4,17)13-11(3)18-14(16-13)12-8-6-10(2)7-9-12;1-5-14(4,17)12-10(3)18-13(16-12)11-7-6-9(2)15-8-11;1-8-4-6-11(7-5-8)13-14-12(9(2)15)10(3)16-13;2*1-2;;;/h2*6-9,12-13,15,17,30H,5,10-11,14H2,1-4H3;10,12,17H,5-9H2,1-4H3;9,11,15,17H,5-8H2,1-4H3;8,11H,4-7H2,1-3H3;1H2,2H3;1H3;1H;;1H/q;;;;;-1;;;+2;/p-1/t15-,17-,23+;15-,17-,23-;;9-,11-,14?;;;;;;/m11.1....../s1/i;;;;;;1D;;;. The molecule has 10 atom stereocenters. The van der Waals surface area contributed by atoms with Gasteiger partial charge in [0.25, 0.3) is 11.8 Å². The van der Waals surface area contributed by atoms with Crippen molar-refractivity contribution >= 4 is 40.7 Å². The molecule has 5 aliphatic rings. The van der Waals surface area contributed by atoms with Crippen LogP contribution >= 0.6 is 0 Å². The molecule has 0 spiro atoms. The van der Waals surface area contributed by atoms with E-state index in [1.165, 1.54) is 42.2 Å². The molecular formula is C91H136BrFMgN14O12. The van der Waals surface area contributed by atoms with E-state index >= 15 is 0 Å². The molecular weight excluding hydrogens is 1600 g/mol. The van der Waals surface area contributed by atoms with Crippen molar-refractivity contribution in [2.24, 2.45) is 11.8 Å². The van der Waals surface area contributed by atoms with Crippen LogP contribution < -0.4 is 22.3 Å². The van der Waals surface area contributed by atoms with Crippen molar-refractivity contribution in [2.45, 2.75) is 324 Å². The maximum Gasteiger partial charge on any atom is 2.00 e. The zero-order valence-electron chi connectivity index (χ0n) is 75.8. The van der Waals surface area contributed by atoms with Crippen LogP contribution in [0, 0.1) is 53.4 Å². The predicted molar refractivity (Wildman–Crippen MR) is 459 cm³/mol. The average molecular weight is 1740 g/mol. The number of likely N-dealkylation sites (tertiary alicyclic amines) is 2. The molecule has 7 aromatic heterocycles. The molecule has 3 saturated heterocycles. The van der Waals surface area contributed by atoms with Crippen LogP contribution in [0.5, 0.6) is 0 Å². The van der Waals surface area contributed by atoms with Gasteiger partial charge in [0.05, 0.1) is 67.6 Å². The first kappa shape index (κ1) is 99.5. The third kappa shape index (κ3) is 25.3. The van der Waals surface area contributed by atoms with Crippen molar-refractivity contribution in [3.63, 3.8) is 0 Å². The van der Waals surface area contributed by atoms with Crippen LogP contribution in [-0.2, 0) is 22.4 Å². The number of benzene rings is 2. The average Bonchev–Trinajstić information content (AvgIpc) is 1.52. The number of aromatic nitrogens is 11. The molecule has 10 heterocycles. The first-order chi connectivity index (χ1) is 56.5. The van der Waals surface area contributed by atoms with E-state index < -0.39 is 29.6 Å². The Morgan fingerprint density at radius 2 is 0.758 bits per heavy atom. The van der Waals surface area contributed by atoms with Gasteiger partial charge in [0.15, 0.2) is 35.2 Å². The quantitative estimate of drug-likeness (QED) is 0.0303. The fourth-order valence-electron chi connectivity index (χ4n) is 16.0. The number of nitrogens with zero attached hydrogens (tertiary/aromatic N) is 13. The molecule has 2 amide bonds. The number of Topliss-reactive ketones (excluding diaryl/α,β-unsaturated/α-hetero) is 1. The molecule has 658 valence electrons. The summed E-state index contributed by atoms with van der Waals surface area (Å²) in [5, 5.41) is 62.1. The van der Waals surface area contributed by atoms with E-state index in [0.29, 0.717) is 137 Å². The Balaban J connectivity index is 0.000000273. The van der Waals surface area contributed by atoms with E-state index in [2.05, 4.69) is 92.2 Å². The number of rotatable bonds is 18.